The molecule has 0 bridgehead atoms. The van der Waals surface area contributed by atoms with E-state index in [4.69, 9.17) is 24.2 Å². The van der Waals surface area contributed by atoms with Crippen LogP contribution in [0.3, 0.4) is 0 Å². The molecule has 1 aromatic heterocycles. The van der Waals surface area contributed by atoms with Gasteiger partial charge in [0.15, 0.2) is 11.6 Å². The van der Waals surface area contributed by atoms with Gasteiger partial charge in [-0.3, -0.25) is 5.01 Å². The Kier molecular flexibility index (Phi) is 5.92. The van der Waals surface area contributed by atoms with Crippen LogP contribution in [0, 0.1) is 0 Å². The van der Waals surface area contributed by atoms with Crippen molar-refractivity contribution in [2.75, 3.05) is 26.3 Å². The highest BCUT2D eigenvalue weighted by molar-refractivity contribution is 6.33. The lowest BCUT2D eigenvalue weighted by atomic mass is 10.2. The first-order valence-electron chi connectivity index (χ1n) is 8.29. The molecule has 3 aromatic rings. The molecule has 0 aliphatic heterocycles. The summed E-state index contributed by atoms with van der Waals surface area (Å²) < 4.78 is 15.4. The molecule has 0 saturated heterocycles. The average Bonchev–Trinajstić information content (AvgIpc) is 2.71. The quantitative estimate of drug-likeness (QED) is 0.359. The van der Waals surface area contributed by atoms with Gasteiger partial charge in [0.2, 0.25) is 0 Å². The van der Waals surface area contributed by atoms with Crippen molar-refractivity contribution >= 4 is 30.3 Å². The standard InChI is InChI=1S/C18H19BN4O5/c1-23(18-13-5-4-6-15(26-2)17(13)20-11-21-18)22-10-12-7-8-14(28-19(24)25)16(9-12)27-3/h4-11,24-25H,1-3H3/b22-10+. The topological polar surface area (TPSA) is 110 Å². The first kappa shape index (κ1) is 19.4. The van der Waals surface area contributed by atoms with Crippen LogP contribution in [0.4, 0.5) is 5.82 Å². The highest BCUT2D eigenvalue weighted by atomic mass is 16.6. The van der Waals surface area contributed by atoms with E-state index in [9.17, 15) is 0 Å². The summed E-state index contributed by atoms with van der Waals surface area (Å²) in [7, 11) is 2.89. The van der Waals surface area contributed by atoms with Gasteiger partial charge in [0, 0.05) is 12.4 Å². The number of methoxy groups -OCH3 is 2. The van der Waals surface area contributed by atoms with Gasteiger partial charge in [0.1, 0.15) is 23.3 Å². The van der Waals surface area contributed by atoms with Crippen LogP contribution in [0.1, 0.15) is 5.56 Å². The highest BCUT2D eigenvalue weighted by Gasteiger charge is 2.15. The minimum Gasteiger partial charge on any atom is -0.509 e. The van der Waals surface area contributed by atoms with E-state index in [1.54, 1.807) is 43.6 Å². The average molecular weight is 382 g/mol. The number of hydrogen-bond acceptors (Lipinski definition) is 9. The predicted octanol–water partition coefficient (Wildman–Crippen LogP) is 1.47. The number of ether oxygens (including phenoxy) is 2. The molecule has 3 rings (SSSR count). The maximum Gasteiger partial charge on any atom is 0.707 e. The summed E-state index contributed by atoms with van der Waals surface area (Å²) in [5.74, 6) is 1.83. The number of anilines is 1. The summed E-state index contributed by atoms with van der Waals surface area (Å²) in [5, 5.41) is 24.7. The summed E-state index contributed by atoms with van der Waals surface area (Å²) in [5.41, 5.74) is 1.42. The Balaban J connectivity index is 1.88. The van der Waals surface area contributed by atoms with Crippen LogP contribution in [-0.4, -0.2) is 54.8 Å². The Morgan fingerprint density at radius 1 is 1.04 bits per heavy atom. The van der Waals surface area contributed by atoms with Crippen LogP contribution in [0.5, 0.6) is 17.2 Å². The largest absolute Gasteiger partial charge is 0.707 e. The fourth-order valence-corrected chi connectivity index (χ4v) is 2.65. The molecule has 0 saturated carbocycles. The van der Waals surface area contributed by atoms with E-state index in [1.807, 2.05) is 18.2 Å². The van der Waals surface area contributed by atoms with Crippen molar-refractivity contribution in [2.45, 2.75) is 0 Å². The monoisotopic (exact) mass is 382 g/mol. The number of aromatic nitrogens is 2. The fourth-order valence-electron chi connectivity index (χ4n) is 2.65. The molecule has 0 fully saturated rings. The van der Waals surface area contributed by atoms with Crippen molar-refractivity contribution in [1.29, 1.82) is 0 Å². The minimum atomic E-state index is -1.93. The van der Waals surface area contributed by atoms with Gasteiger partial charge < -0.3 is 24.2 Å². The van der Waals surface area contributed by atoms with Crippen LogP contribution in [0.2, 0.25) is 0 Å². The van der Waals surface area contributed by atoms with E-state index in [0.717, 1.165) is 10.9 Å². The van der Waals surface area contributed by atoms with Crippen molar-refractivity contribution in [3.8, 4) is 17.2 Å². The minimum absolute atomic E-state index is 0.205. The molecule has 9 nitrogen and oxygen atoms in total. The SMILES string of the molecule is COc1cc(/C=N/N(C)c2ncnc3c(OC)cccc23)ccc1OB(O)O. The summed E-state index contributed by atoms with van der Waals surface area (Å²) in [4.78, 5) is 8.60. The van der Waals surface area contributed by atoms with Gasteiger partial charge in [-0.1, -0.05) is 6.07 Å². The molecular formula is C18H19BN4O5. The number of hydrogen-bond donors (Lipinski definition) is 2. The fraction of sp³-hybridized carbons (Fsp3) is 0.167. The van der Waals surface area contributed by atoms with Crippen molar-refractivity contribution in [3.05, 3.63) is 48.3 Å². The third kappa shape index (κ3) is 4.13. The second-order valence-corrected chi connectivity index (χ2v) is 5.68. The zero-order valence-corrected chi connectivity index (χ0v) is 15.6. The normalized spacial score (nSPS) is 10.9. The first-order chi connectivity index (χ1) is 13.5. The lowest BCUT2D eigenvalue weighted by Gasteiger charge is -2.15. The van der Waals surface area contributed by atoms with Gasteiger partial charge in [-0.25, -0.2) is 9.97 Å². The molecule has 0 atom stereocenters. The molecular weight excluding hydrogens is 363 g/mol. The Morgan fingerprint density at radius 3 is 2.54 bits per heavy atom. The molecule has 0 spiro atoms. The van der Waals surface area contributed by atoms with Crippen LogP contribution in [0.15, 0.2) is 47.8 Å². The number of fused-ring (bicyclic) bond motifs is 1. The number of nitrogens with zero attached hydrogens (tertiary/aromatic N) is 4. The van der Waals surface area contributed by atoms with Gasteiger partial charge in [-0.05, 0) is 35.9 Å². The third-order valence-electron chi connectivity index (χ3n) is 3.93. The summed E-state index contributed by atoms with van der Waals surface area (Å²) >= 11 is 0. The molecule has 0 amide bonds. The predicted molar refractivity (Wildman–Crippen MR) is 106 cm³/mol. The smallest absolute Gasteiger partial charge is 0.509 e. The molecule has 0 aliphatic carbocycles. The van der Waals surface area contributed by atoms with E-state index < -0.39 is 7.32 Å². The molecule has 28 heavy (non-hydrogen) atoms. The second-order valence-electron chi connectivity index (χ2n) is 5.68. The molecule has 2 aromatic carbocycles. The summed E-state index contributed by atoms with van der Waals surface area (Å²) in [6.45, 7) is 0. The van der Waals surface area contributed by atoms with Gasteiger partial charge in [-0.2, -0.15) is 5.10 Å². The Morgan fingerprint density at radius 2 is 1.82 bits per heavy atom. The Hall–Kier alpha value is -3.37. The molecule has 0 radical (unpaired) electrons. The molecule has 1 heterocycles. The molecule has 2 N–H and O–H groups in total. The van der Waals surface area contributed by atoms with Gasteiger partial charge in [-0.15, -0.1) is 0 Å². The summed E-state index contributed by atoms with van der Waals surface area (Å²) in [6.07, 6.45) is 3.08. The Labute approximate surface area is 162 Å². The molecule has 0 unspecified atom stereocenters. The number of rotatable bonds is 7. The zero-order chi connectivity index (χ0) is 20.1. The lowest BCUT2D eigenvalue weighted by molar-refractivity contribution is 0.279. The third-order valence-corrected chi connectivity index (χ3v) is 3.93. The number of hydrazone groups is 1. The molecule has 144 valence electrons. The van der Waals surface area contributed by atoms with Crippen molar-refractivity contribution in [1.82, 2.24) is 9.97 Å². The van der Waals surface area contributed by atoms with Gasteiger partial charge in [0.25, 0.3) is 0 Å². The highest BCUT2D eigenvalue weighted by Crippen LogP contribution is 2.29. The second kappa shape index (κ2) is 8.55. The molecule has 0 aliphatic rings. The van der Waals surface area contributed by atoms with Crippen LogP contribution < -0.4 is 19.1 Å². The molecule has 10 heteroatoms. The van der Waals surface area contributed by atoms with E-state index >= 15 is 0 Å². The van der Waals surface area contributed by atoms with Crippen molar-refractivity contribution in [3.63, 3.8) is 0 Å². The Bertz CT molecular complexity index is 999. The van der Waals surface area contributed by atoms with Gasteiger partial charge in [0.05, 0.1) is 20.4 Å². The number of para-hydroxylation sites is 1. The van der Waals surface area contributed by atoms with Gasteiger partial charge >= 0.3 is 7.32 Å². The lowest BCUT2D eigenvalue weighted by Crippen LogP contribution is -2.20. The van der Waals surface area contributed by atoms with Crippen LogP contribution >= 0.6 is 0 Å². The van der Waals surface area contributed by atoms with Crippen LogP contribution in [0.25, 0.3) is 10.9 Å². The van der Waals surface area contributed by atoms with Crippen LogP contribution in [-0.2, 0) is 0 Å². The van der Waals surface area contributed by atoms with E-state index in [2.05, 4.69) is 15.1 Å². The zero-order valence-electron chi connectivity index (χ0n) is 15.6. The maximum absolute atomic E-state index is 8.94. The van der Waals surface area contributed by atoms with E-state index in [-0.39, 0.29) is 5.75 Å². The van der Waals surface area contributed by atoms with Crippen molar-refractivity contribution in [2.24, 2.45) is 5.10 Å². The summed E-state index contributed by atoms with van der Waals surface area (Å²) in [6, 6.07) is 10.5. The maximum atomic E-state index is 8.94. The van der Waals surface area contributed by atoms with Crippen molar-refractivity contribution < 1.29 is 24.2 Å². The first-order valence-corrected chi connectivity index (χ1v) is 8.29. The number of benzene rings is 2. The van der Waals surface area contributed by atoms with E-state index in [0.29, 0.717) is 22.8 Å². The van der Waals surface area contributed by atoms with E-state index in [1.165, 1.54) is 13.4 Å².